The van der Waals surface area contributed by atoms with Gasteiger partial charge in [0.1, 0.15) is 4.32 Å². The number of benzene rings is 2. The molecule has 7 nitrogen and oxygen atoms in total. The van der Waals surface area contributed by atoms with E-state index in [1.165, 1.54) is 41.3 Å². The van der Waals surface area contributed by atoms with Crippen LogP contribution in [0.3, 0.4) is 0 Å². The predicted octanol–water partition coefficient (Wildman–Crippen LogP) is 5.23. The molecule has 1 aliphatic heterocycles. The van der Waals surface area contributed by atoms with Gasteiger partial charge >= 0.3 is 6.18 Å². The molecule has 1 fully saturated rings. The molecule has 0 unspecified atom stereocenters. The maximum Gasteiger partial charge on any atom is 0.416 e. The van der Waals surface area contributed by atoms with Gasteiger partial charge in [-0.05, 0) is 48.4 Å². The molecule has 1 heterocycles. The van der Waals surface area contributed by atoms with Crippen LogP contribution in [0.4, 0.5) is 24.5 Å². The van der Waals surface area contributed by atoms with Crippen molar-refractivity contribution in [3.63, 3.8) is 0 Å². The Morgan fingerprint density at radius 1 is 1.21 bits per heavy atom. The van der Waals surface area contributed by atoms with Gasteiger partial charge in [-0.2, -0.15) is 13.2 Å². The molecule has 1 saturated heterocycles. The van der Waals surface area contributed by atoms with Crippen molar-refractivity contribution < 1.29 is 27.7 Å². The molecule has 0 atom stereocenters. The molecule has 0 saturated carbocycles. The average Bonchev–Trinajstić information content (AvgIpc) is 3.01. The van der Waals surface area contributed by atoms with Crippen molar-refractivity contribution in [3.05, 3.63) is 74.7 Å². The number of rotatable bonds is 7. The number of anilines is 1. The summed E-state index contributed by atoms with van der Waals surface area (Å²) in [5, 5.41) is 13.2. The van der Waals surface area contributed by atoms with Crippen molar-refractivity contribution in [1.82, 2.24) is 4.90 Å². The Bertz CT molecular complexity index is 1130. The number of non-ortho nitro benzene ring substituents is 1. The summed E-state index contributed by atoms with van der Waals surface area (Å²) in [6.45, 7) is 0.165. The molecule has 33 heavy (non-hydrogen) atoms. The van der Waals surface area contributed by atoms with Crippen LogP contribution in [-0.2, 0) is 15.8 Å². The Hall–Kier alpha value is -3.25. The first-order valence-electron chi connectivity index (χ1n) is 9.51. The van der Waals surface area contributed by atoms with Crippen LogP contribution in [0.15, 0.2) is 53.4 Å². The van der Waals surface area contributed by atoms with E-state index >= 15 is 0 Å². The number of nitro benzene ring substituents is 1. The second kappa shape index (κ2) is 10.1. The highest BCUT2D eigenvalue weighted by molar-refractivity contribution is 8.26. The molecule has 0 spiro atoms. The van der Waals surface area contributed by atoms with E-state index in [0.717, 1.165) is 23.9 Å². The maximum absolute atomic E-state index is 12.8. The quantitative estimate of drug-likeness (QED) is 0.245. The summed E-state index contributed by atoms with van der Waals surface area (Å²) in [5.41, 5.74) is -0.297. The molecular weight excluding hydrogens is 479 g/mol. The number of thioether (sulfide) groups is 1. The summed E-state index contributed by atoms with van der Waals surface area (Å²) in [6, 6.07) is 10.0. The first-order chi connectivity index (χ1) is 15.5. The molecule has 2 amide bonds. The van der Waals surface area contributed by atoms with Gasteiger partial charge in [0, 0.05) is 30.8 Å². The first-order valence-corrected chi connectivity index (χ1v) is 10.7. The van der Waals surface area contributed by atoms with Crippen molar-refractivity contribution in [2.45, 2.75) is 19.0 Å². The highest BCUT2D eigenvalue weighted by Crippen LogP contribution is 2.33. The van der Waals surface area contributed by atoms with Crippen LogP contribution < -0.4 is 5.32 Å². The number of amides is 2. The maximum atomic E-state index is 12.8. The average molecular weight is 496 g/mol. The van der Waals surface area contributed by atoms with E-state index in [2.05, 4.69) is 5.32 Å². The highest BCUT2D eigenvalue weighted by Gasteiger charge is 2.32. The van der Waals surface area contributed by atoms with E-state index in [4.69, 9.17) is 12.2 Å². The normalized spacial score (nSPS) is 15.2. The molecule has 1 aliphatic rings. The summed E-state index contributed by atoms with van der Waals surface area (Å²) >= 11 is 6.31. The molecule has 0 bridgehead atoms. The second-order valence-corrected chi connectivity index (χ2v) is 8.59. The highest BCUT2D eigenvalue weighted by atomic mass is 32.2. The van der Waals surface area contributed by atoms with Gasteiger partial charge in [0.15, 0.2) is 0 Å². The molecule has 0 radical (unpaired) electrons. The van der Waals surface area contributed by atoms with Crippen molar-refractivity contribution >= 4 is 57.6 Å². The minimum absolute atomic E-state index is 0.0191. The summed E-state index contributed by atoms with van der Waals surface area (Å²) in [4.78, 5) is 36.6. The SMILES string of the molecule is O=C(CCCN1C(=O)/C(=C/c2ccc([N+](=O)[O-])cc2)SC1=S)Nc1cccc(C(F)(F)F)c1. The van der Waals surface area contributed by atoms with E-state index < -0.39 is 22.6 Å². The van der Waals surface area contributed by atoms with E-state index in [1.807, 2.05) is 0 Å². The van der Waals surface area contributed by atoms with Gasteiger partial charge in [0.25, 0.3) is 11.6 Å². The van der Waals surface area contributed by atoms with E-state index in [9.17, 15) is 32.9 Å². The zero-order chi connectivity index (χ0) is 24.2. The Morgan fingerprint density at radius 2 is 1.91 bits per heavy atom. The number of carbonyl (C=O) groups excluding carboxylic acids is 2. The predicted molar refractivity (Wildman–Crippen MR) is 122 cm³/mol. The largest absolute Gasteiger partial charge is 0.416 e. The minimum atomic E-state index is -4.51. The molecule has 172 valence electrons. The van der Waals surface area contributed by atoms with E-state index in [0.29, 0.717) is 14.8 Å². The third-order valence-corrected chi connectivity index (χ3v) is 5.91. The summed E-state index contributed by atoms with van der Waals surface area (Å²) in [6.07, 6.45) is -2.70. The Labute approximate surface area is 195 Å². The molecule has 0 aromatic heterocycles. The minimum Gasteiger partial charge on any atom is -0.326 e. The van der Waals surface area contributed by atoms with Gasteiger partial charge in [-0.15, -0.1) is 0 Å². The Balaban J connectivity index is 1.54. The van der Waals surface area contributed by atoms with Gasteiger partial charge in [-0.1, -0.05) is 30.0 Å². The van der Waals surface area contributed by atoms with E-state index in [-0.39, 0.29) is 36.7 Å². The van der Waals surface area contributed by atoms with Crippen LogP contribution in [0.1, 0.15) is 24.0 Å². The van der Waals surface area contributed by atoms with Crippen LogP contribution in [0.2, 0.25) is 0 Å². The number of nitrogens with zero attached hydrogens (tertiary/aromatic N) is 2. The number of thiocarbonyl (C=S) groups is 1. The van der Waals surface area contributed by atoms with Crippen LogP contribution in [0.25, 0.3) is 6.08 Å². The molecule has 2 aromatic carbocycles. The third kappa shape index (κ3) is 6.39. The fourth-order valence-corrected chi connectivity index (χ4v) is 4.24. The van der Waals surface area contributed by atoms with Crippen LogP contribution in [0, 0.1) is 10.1 Å². The lowest BCUT2D eigenvalue weighted by Crippen LogP contribution is -2.29. The van der Waals surface area contributed by atoms with Crippen LogP contribution >= 0.6 is 24.0 Å². The van der Waals surface area contributed by atoms with Crippen LogP contribution in [-0.4, -0.2) is 32.5 Å². The lowest BCUT2D eigenvalue weighted by Gasteiger charge is -2.14. The van der Waals surface area contributed by atoms with Gasteiger partial charge < -0.3 is 5.32 Å². The molecule has 2 aromatic rings. The topological polar surface area (TPSA) is 92.5 Å². The molecular formula is C21H16F3N3O4S2. The van der Waals surface area contributed by atoms with Crippen LogP contribution in [0.5, 0.6) is 0 Å². The molecule has 1 N–H and O–H groups in total. The fraction of sp³-hybridized carbons (Fsp3) is 0.190. The van der Waals surface area contributed by atoms with Gasteiger partial charge in [0.05, 0.1) is 15.4 Å². The van der Waals surface area contributed by atoms with Gasteiger partial charge in [0.2, 0.25) is 5.91 Å². The lowest BCUT2D eigenvalue weighted by atomic mass is 10.2. The second-order valence-electron chi connectivity index (χ2n) is 6.91. The Kier molecular flexibility index (Phi) is 7.49. The van der Waals surface area contributed by atoms with Crippen molar-refractivity contribution in [3.8, 4) is 0 Å². The van der Waals surface area contributed by atoms with E-state index in [1.54, 1.807) is 6.08 Å². The lowest BCUT2D eigenvalue weighted by molar-refractivity contribution is -0.384. The monoisotopic (exact) mass is 495 g/mol. The first kappa shape index (κ1) is 24.4. The zero-order valence-electron chi connectivity index (χ0n) is 16.8. The summed E-state index contributed by atoms with van der Waals surface area (Å²) in [7, 11) is 0. The van der Waals surface area contributed by atoms with Crippen molar-refractivity contribution in [1.29, 1.82) is 0 Å². The number of alkyl halides is 3. The molecule has 12 heteroatoms. The number of nitrogens with one attached hydrogen (secondary N) is 1. The van der Waals surface area contributed by atoms with Crippen molar-refractivity contribution in [2.24, 2.45) is 0 Å². The summed E-state index contributed by atoms with van der Waals surface area (Å²) in [5.74, 6) is -0.831. The molecule has 0 aliphatic carbocycles. The number of carbonyl (C=O) groups is 2. The van der Waals surface area contributed by atoms with Gasteiger partial charge in [-0.3, -0.25) is 24.6 Å². The van der Waals surface area contributed by atoms with Crippen molar-refractivity contribution in [2.75, 3.05) is 11.9 Å². The number of hydrogen-bond donors (Lipinski definition) is 1. The number of hydrogen-bond acceptors (Lipinski definition) is 6. The third-order valence-electron chi connectivity index (χ3n) is 4.53. The number of halogens is 3. The fourth-order valence-electron chi connectivity index (χ4n) is 2.93. The summed E-state index contributed by atoms with van der Waals surface area (Å²) < 4.78 is 38.6. The molecule has 3 rings (SSSR count). The standard InChI is InChI=1S/C21H16F3N3O4S2/c22-21(23,24)14-3-1-4-15(12-14)25-18(28)5-2-10-26-19(29)17(33-20(26)32)11-13-6-8-16(9-7-13)27(30)31/h1,3-4,6-9,11-12H,2,5,10H2,(H,25,28)/b17-11-. The number of nitro groups is 1. The zero-order valence-corrected chi connectivity index (χ0v) is 18.4. The Morgan fingerprint density at radius 3 is 2.55 bits per heavy atom. The van der Waals surface area contributed by atoms with Gasteiger partial charge in [-0.25, -0.2) is 0 Å². The smallest absolute Gasteiger partial charge is 0.326 e.